The molecule has 1 heterocycles. The third-order valence-corrected chi connectivity index (χ3v) is 4.69. The standard InChI is InChI=1S/C20H21F3N2O/c21-20(22,23)17-6-8-18(9-7-17)24-19(26)16-10-12-25(13-11-16)14-15-4-2-1-3-5-15/h1-9,16H,10-14H2,(H,24,26). The zero-order valence-electron chi connectivity index (χ0n) is 14.3. The van der Waals surface area contributed by atoms with Gasteiger partial charge in [0.1, 0.15) is 0 Å². The second-order valence-electron chi connectivity index (χ2n) is 6.60. The fourth-order valence-electron chi connectivity index (χ4n) is 3.18. The number of nitrogens with zero attached hydrogens (tertiary/aromatic N) is 1. The van der Waals surface area contributed by atoms with Crippen LogP contribution in [0.15, 0.2) is 54.6 Å². The van der Waals surface area contributed by atoms with Crippen LogP contribution in [-0.2, 0) is 17.5 Å². The number of nitrogens with one attached hydrogen (secondary N) is 1. The maximum atomic E-state index is 12.6. The van der Waals surface area contributed by atoms with Gasteiger partial charge in [0.15, 0.2) is 0 Å². The van der Waals surface area contributed by atoms with Crippen LogP contribution in [0.25, 0.3) is 0 Å². The lowest BCUT2D eigenvalue weighted by molar-refractivity contribution is -0.137. The quantitative estimate of drug-likeness (QED) is 0.865. The van der Waals surface area contributed by atoms with Gasteiger partial charge in [-0.2, -0.15) is 13.2 Å². The number of hydrogen-bond acceptors (Lipinski definition) is 2. The number of likely N-dealkylation sites (tertiary alicyclic amines) is 1. The lowest BCUT2D eigenvalue weighted by atomic mass is 9.95. The Balaban J connectivity index is 1.49. The fourth-order valence-corrected chi connectivity index (χ4v) is 3.18. The molecule has 0 spiro atoms. The van der Waals surface area contributed by atoms with Crippen LogP contribution in [0, 0.1) is 5.92 Å². The number of piperidine rings is 1. The number of hydrogen-bond donors (Lipinski definition) is 1. The van der Waals surface area contributed by atoms with Gasteiger partial charge in [-0.15, -0.1) is 0 Å². The van der Waals surface area contributed by atoms with Crippen molar-refractivity contribution in [3.8, 4) is 0 Å². The van der Waals surface area contributed by atoms with E-state index in [-0.39, 0.29) is 11.8 Å². The Kier molecular flexibility index (Phi) is 5.61. The highest BCUT2D eigenvalue weighted by Crippen LogP contribution is 2.30. The molecule has 138 valence electrons. The van der Waals surface area contributed by atoms with Gasteiger partial charge < -0.3 is 5.32 Å². The molecule has 1 amide bonds. The second-order valence-corrected chi connectivity index (χ2v) is 6.60. The molecule has 2 aromatic rings. The second kappa shape index (κ2) is 7.91. The van der Waals surface area contributed by atoms with Crippen molar-refractivity contribution >= 4 is 11.6 Å². The summed E-state index contributed by atoms with van der Waals surface area (Å²) in [6.45, 7) is 2.54. The van der Waals surface area contributed by atoms with E-state index in [4.69, 9.17) is 0 Å². The van der Waals surface area contributed by atoms with E-state index in [1.807, 2.05) is 18.2 Å². The molecule has 0 unspecified atom stereocenters. The molecule has 0 aliphatic carbocycles. The fraction of sp³-hybridized carbons (Fsp3) is 0.350. The molecule has 0 saturated carbocycles. The van der Waals surface area contributed by atoms with Gasteiger partial charge >= 0.3 is 6.18 Å². The summed E-state index contributed by atoms with van der Waals surface area (Å²) in [5.41, 5.74) is 0.930. The van der Waals surface area contributed by atoms with Gasteiger partial charge in [0.25, 0.3) is 0 Å². The maximum absolute atomic E-state index is 12.6. The molecule has 3 nitrogen and oxygen atoms in total. The van der Waals surface area contributed by atoms with Crippen molar-refractivity contribution < 1.29 is 18.0 Å². The van der Waals surface area contributed by atoms with Crippen molar-refractivity contribution in [2.75, 3.05) is 18.4 Å². The topological polar surface area (TPSA) is 32.3 Å². The van der Waals surface area contributed by atoms with Gasteiger partial charge in [0.2, 0.25) is 5.91 Å². The molecule has 6 heteroatoms. The van der Waals surface area contributed by atoms with Crippen LogP contribution in [0.2, 0.25) is 0 Å². The highest BCUT2D eigenvalue weighted by atomic mass is 19.4. The molecule has 2 aromatic carbocycles. The molecule has 0 aromatic heterocycles. The zero-order chi connectivity index (χ0) is 18.6. The third kappa shape index (κ3) is 4.85. The van der Waals surface area contributed by atoms with Crippen molar-refractivity contribution in [3.05, 3.63) is 65.7 Å². The minimum absolute atomic E-state index is 0.107. The van der Waals surface area contributed by atoms with E-state index in [0.29, 0.717) is 5.69 Å². The van der Waals surface area contributed by atoms with E-state index >= 15 is 0 Å². The summed E-state index contributed by atoms with van der Waals surface area (Å²) in [4.78, 5) is 14.7. The molecule has 1 fully saturated rings. The molecule has 1 saturated heterocycles. The molecule has 1 aliphatic rings. The summed E-state index contributed by atoms with van der Waals surface area (Å²) in [6.07, 6.45) is -2.87. The lowest BCUT2D eigenvalue weighted by Crippen LogP contribution is -2.37. The van der Waals surface area contributed by atoms with Gasteiger partial charge in [0.05, 0.1) is 5.56 Å². The number of rotatable bonds is 4. The van der Waals surface area contributed by atoms with Crippen LogP contribution in [0.5, 0.6) is 0 Å². The minimum atomic E-state index is -4.37. The average molecular weight is 362 g/mol. The molecule has 0 radical (unpaired) electrons. The summed E-state index contributed by atoms with van der Waals surface area (Å²) >= 11 is 0. The van der Waals surface area contributed by atoms with Crippen LogP contribution in [0.1, 0.15) is 24.0 Å². The average Bonchev–Trinajstić information content (AvgIpc) is 2.63. The summed E-state index contributed by atoms with van der Waals surface area (Å²) in [7, 11) is 0. The van der Waals surface area contributed by atoms with Crippen LogP contribution in [0.3, 0.4) is 0 Å². The number of anilines is 1. The van der Waals surface area contributed by atoms with E-state index < -0.39 is 11.7 Å². The number of benzene rings is 2. The molecule has 0 atom stereocenters. The number of carbonyl (C=O) groups is 1. The van der Waals surface area contributed by atoms with E-state index in [1.165, 1.54) is 17.7 Å². The van der Waals surface area contributed by atoms with E-state index in [2.05, 4.69) is 22.3 Å². The molecular formula is C20H21F3N2O. The predicted molar refractivity (Wildman–Crippen MR) is 94.5 cm³/mol. The normalized spacial score (nSPS) is 16.4. The van der Waals surface area contributed by atoms with Gasteiger partial charge in [0, 0.05) is 18.2 Å². The number of halogens is 3. The van der Waals surface area contributed by atoms with E-state index in [9.17, 15) is 18.0 Å². The Hall–Kier alpha value is -2.34. The van der Waals surface area contributed by atoms with Crippen LogP contribution in [0.4, 0.5) is 18.9 Å². The lowest BCUT2D eigenvalue weighted by Gasteiger charge is -2.31. The predicted octanol–water partition coefficient (Wildman–Crippen LogP) is 4.56. The number of alkyl halides is 3. The van der Waals surface area contributed by atoms with Crippen molar-refractivity contribution in [3.63, 3.8) is 0 Å². The zero-order valence-corrected chi connectivity index (χ0v) is 14.3. The Labute approximate surface area is 150 Å². The van der Waals surface area contributed by atoms with Crippen LogP contribution >= 0.6 is 0 Å². The summed E-state index contributed by atoms with van der Waals surface area (Å²) < 4.78 is 37.7. The molecule has 3 rings (SSSR count). The van der Waals surface area contributed by atoms with Crippen molar-refractivity contribution in [2.45, 2.75) is 25.6 Å². The van der Waals surface area contributed by atoms with Gasteiger partial charge in [-0.05, 0) is 55.8 Å². The molecule has 1 N–H and O–H groups in total. The molecule has 1 aliphatic heterocycles. The Bertz CT molecular complexity index is 721. The van der Waals surface area contributed by atoms with E-state index in [1.54, 1.807) is 0 Å². The van der Waals surface area contributed by atoms with Crippen molar-refractivity contribution in [1.29, 1.82) is 0 Å². The highest BCUT2D eigenvalue weighted by molar-refractivity contribution is 5.92. The monoisotopic (exact) mass is 362 g/mol. The summed E-state index contributed by atoms with van der Waals surface area (Å²) in [6, 6.07) is 14.7. The Morgan fingerprint density at radius 1 is 1.00 bits per heavy atom. The molecule has 26 heavy (non-hydrogen) atoms. The van der Waals surface area contributed by atoms with Gasteiger partial charge in [-0.1, -0.05) is 30.3 Å². The summed E-state index contributed by atoms with van der Waals surface area (Å²) in [5.74, 6) is -0.228. The van der Waals surface area contributed by atoms with Crippen LogP contribution in [-0.4, -0.2) is 23.9 Å². The molecule has 0 bridgehead atoms. The Morgan fingerprint density at radius 3 is 2.19 bits per heavy atom. The van der Waals surface area contributed by atoms with E-state index in [0.717, 1.165) is 44.6 Å². The highest BCUT2D eigenvalue weighted by Gasteiger charge is 2.30. The summed E-state index contributed by atoms with van der Waals surface area (Å²) in [5, 5.41) is 2.73. The SMILES string of the molecule is O=C(Nc1ccc(C(F)(F)F)cc1)C1CCN(Cc2ccccc2)CC1. The minimum Gasteiger partial charge on any atom is -0.326 e. The van der Waals surface area contributed by atoms with Crippen molar-refractivity contribution in [2.24, 2.45) is 5.92 Å². The Morgan fingerprint density at radius 2 is 1.62 bits per heavy atom. The van der Waals surface area contributed by atoms with Crippen LogP contribution < -0.4 is 5.32 Å². The first kappa shape index (κ1) is 18.5. The smallest absolute Gasteiger partial charge is 0.326 e. The van der Waals surface area contributed by atoms with Gasteiger partial charge in [-0.25, -0.2) is 0 Å². The largest absolute Gasteiger partial charge is 0.416 e. The number of amides is 1. The number of carbonyl (C=O) groups excluding carboxylic acids is 1. The third-order valence-electron chi connectivity index (χ3n) is 4.69. The first-order valence-corrected chi connectivity index (χ1v) is 8.66. The van der Waals surface area contributed by atoms with Crippen molar-refractivity contribution in [1.82, 2.24) is 4.90 Å². The van der Waals surface area contributed by atoms with Gasteiger partial charge in [-0.3, -0.25) is 9.69 Å². The first-order valence-electron chi connectivity index (χ1n) is 8.66. The maximum Gasteiger partial charge on any atom is 0.416 e. The molecular weight excluding hydrogens is 341 g/mol. The first-order chi connectivity index (χ1) is 12.4.